The molecule has 0 fully saturated rings. The number of pyridine rings is 1. The molecule has 0 atom stereocenters. The first-order valence-corrected chi connectivity index (χ1v) is 8.19. The summed E-state index contributed by atoms with van der Waals surface area (Å²) in [6.45, 7) is 1.57. The van der Waals surface area contributed by atoms with Crippen LogP contribution in [0.15, 0.2) is 47.9 Å². The van der Waals surface area contributed by atoms with Gasteiger partial charge in [-0.2, -0.15) is 8.42 Å². The lowest BCUT2D eigenvalue weighted by atomic mass is 10.2. The van der Waals surface area contributed by atoms with Crippen LogP contribution < -0.4 is 4.72 Å². The molecule has 0 aliphatic rings. The highest BCUT2D eigenvalue weighted by Crippen LogP contribution is 2.31. The van der Waals surface area contributed by atoms with E-state index in [4.69, 9.17) is 11.6 Å². The van der Waals surface area contributed by atoms with Gasteiger partial charge in [-0.05, 0) is 19.1 Å². The van der Waals surface area contributed by atoms with E-state index in [0.29, 0.717) is 11.2 Å². The van der Waals surface area contributed by atoms with Crippen molar-refractivity contribution in [3.8, 4) is 0 Å². The molecule has 0 spiro atoms. The summed E-state index contributed by atoms with van der Waals surface area (Å²) in [7, 11) is -3.91. The normalized spacial score (nSPS) is 11.5. The summed E-state index contributed by atoms with van der Waals surface area (Å²) in [5.41, 5.74) is 1.00. The summed E-state index contributed by atoms with van der Waals surface area (Å²) < 4.78 is 27.5. The van der Waals surface area contributed by atoms with Crippen molar-refractivity contribution in [2.75, 3.05) is 4.72 Å². The van der Waals surface area contributed by atoms with Gasteiger partial charge in [0.2, 0.25) is 0 Å². The third kappa shape index (κ3) is 2.60. The van der Waals surface area contributed by atoms with Crippen molar-refractivity contribution in [3.63, 3.8) is 0 Å². The van der Waals surface area contributed by atoms with Gasteiger partial charge in [0.15, 0.2) is 5.03 Å². The molecule has 8 heteroatoms. The van der Waals surface area contributed by atoms with Crippen LogP contribution in [0.1, 0.15) is 5.69 Å². The van der Waals surface area contributed by atoms with Crippen molar-refractivity contribution in [1.82, 2.24) is 15.0 Å². The van der Waals surface area contributed by atoms with Gasteiger partial charge >= 0.3 is 0 Å². The average Bonchev–Trinajstić information content (AvgIpc) is 2.50. The first-order chi connectivity index (χ1) is 10.5. The summed E-state index contributed by atoms with van der Waals surface area (Å²) in [6, 6.07) is 6.98. The molecule has 0 radical (unpaired) electrons. The molecule has 3 rings (SSSR count). The third-order valence-corrected chi connectivity index (χ3v) is 4.75. The minimum atomic E-state index is -3.91. The lowest BCUT2D eigenvalue weighted by Crippen LogP contribution is -2.17. The largest absolute Gasteiger partial charge is 0.281 e. The zero-order chi connectivity index (χ0) is 15.7. The van der Waals surface area contributed by atoms with E-state index in [1.807, 2.05) is 6.07 Å². The van der Waals surface area contributed by atoms with E-state index < -0.39 is 10.0 Å². The fourth-order valence-corrected chi connectivity index (χ4v) is 3.53. The van der Waals surface area contributed by atoms with Crippen LogP contribution in [0.5, 0.6) is 0 Å². The molecule has 3 aromatic rings. The Bertz CT molecular complexity index is 960. The molecule has 0 unspecified atom stereocenters. The van der Waals surface area contributed by atoms with E-state index in [1.165, 1.54) is 12.4 Å². The van der Waals surface area contributed by atoms with Gasteiger partial charge in [-0.25, -0.2) is 4.98 Å². The van der Waals surface area contributed by atoms with Crippen LogP contribution >= 0.6 is 11.6 Å². The maximum atomic E-state index is 12.5. The minimum absolute atomic E-state index is 0.140. The number of hydrogen-bond donors (Lipinski definition) is 1. The minimum Gasteiger partial charge on any atom is -0.275 e. The molecule has 0 bridgehead atoms. The number of hydrogen-bond acceptors (Lipinski definition) is 5. The number of benzene rings is 1. The quantitative estimate of drug-likeness (QED) is 0.796. The van der Waals surface area contributed by atoms with Crippen LogP contribution in [-0.2, 0) is 10.0 Å². The van der Waals surface area contributed by atoms with E-state index >= 15 is 0 Å². The lowest BCUT2D eigenvalue weighted by molar-refractivity contribution is 0.595. The van der Waals surface area contributed by atoms with Gasteiger partial charge < -0.3 is 0 Å². The van der Waals surface area contributed by atoms with E-state index in [1.54, 1.807) is 31.3 Å². The van der Waals surface area contributed by atoms with Gasteiger partial charge in [0, 0.05) is 24.0 Å². The molecule has 1 N–H and O–H groups in total. The van der Waals surface area contributed by atoms with Crippen LogP contribution in [0.2, 0.25) is 5.02 Å². The number of halogens is 1. The highest BCUT2D eigenvalue weighted by molar-refractivity contribution is 7.92. The molecule has 0 saturated heterocycles. The SMILES string of the molecule is Cc1nccnc1S(=O)(=O)Nc1c(Cl)ccc2cccnc12. The first-order valence-electron chi connectivity index (χ1n) is 6.33. The van der Waals surface area contributed by atoms with Gasteiger partial charge in [-0.3, -0.25) is 14.7 Å². The highest BCUT2D eigenvalue weighted by Gasteiger charge is 2.22. The Kier molecular flexibility index (Phi) is 3.67. The zero-order valence-corrected chi connectivity index (χ0v) is 13.1. The van der Waals surface area contributed by atoms with Crippen LogP contribution in [0, 0.1) is 6.92 Å². The van der Waals surface area contributed by atoms with Gasteiger partial charge in [0.05, 0.1) is 21.9 Å². The number of aryl methyl sites for hydroxylation is 1. The average molecular weight is 335 g/mol. The number of sulfonamides is 1. The van der Waals surface area contributed by atoms with Gasteiger partial charge in [-0.15, -0.1) is 0 Å². The Morgan fingerprint density at radius 1 is 1.05 bits per heavy atom. The molecule has 6 nitrogen and oxygen atoms in total. The number of nitrogens with one attached hydrogen (secondary N) is 1. The van der Waals surface area contributed by atoms with Crippen LogP contribution in [-0.4, -0.2) is 23.4 Å². The summed E-state index contributed by atoms with van der Waals surface area (Å²) in [6.07, 6.45) is 4.33. The first kappa shape index (κ1) is 14.7. The number of anilines is 1. The number of rotatable bonds is 3. The fraction of sp³-hybridized carbons (Fsp3) is 0.0714. The molecule has 112 valence electrons. The highest BCUT2D eigenvalue weighted by atomic mass is 35.5. The van der Waals surface area contributed by atoms with Crippen LogP contribution in [0.25, 0.3) is 10.9 Å². The standard InChI is InChI=1S/C14H11ClN4O2S/c1-9-14(18-8-7-16-9)22(20,21)19-13-11(15)5-4-10-3-2-6-17-12(10)13/h2-8,19H,1H3. The topological polar surface area (TPSA) is 84.8 Å². The van der Waals surface area contributed by atoms with Crippen LogP contribution in [0.3, 0.4) is 0 Å². The molecule has 22 heavy (non-hydrogen) atoms. The molecular formula is C14H11ClN4O2S. The van der Waals surface area contributed by atoms with Crippen molar-refractivity contribution in [1.29, 1.82) is 0 Å². The van der Waals surface area contributed by atoms with E-state index in [9.17, 15) is 8.42 Å². The Balaban J connectivity index is 2.14. The van der Waals surface area contributed by atoms with Gasteiger partial charge in [0.25, 0.3) is 10.0 Å². The maximum absolute atomic E-state index is 12.5. The van der Waals surface area contributed by atoms with Crippen molar-refractivity contribution in [2.24, 2.45) is 0 Å². The Morgan fingerprint density at radius 2 is 1.82 bits per heavy atom. The maximum Gasteiger partial charge on any atom is 0.281 e. The van der Waals surface area contributed by atoms with Crippen molar-refractivity contribution in [3.05, 3.63) is 53.6 Å². The van der Waals surface area contributed by atoms with Gasteiger partial charge in [0.1, 0.15) is 0 Å². The van der Waals surface area contributed by atoms with E-state index in [0.717, 1.165) is 5.39 Å². The molecule has 2 heterocycles. The number of aromatic nitrogens is 3. The van der Waals surface area contributed by atoms with E-state index in [-0.39, 0.29) is 15.7 Å². The molecule has 0 amide bonds. The summed E-state index contributed by atoms with van der Waals surface area (Å²) >= 11 is 6.13. The Morgan fingerprint density at radius 3 is 2.59 bits per heavy atom. The zero-order valence-electron chi connectivity index (χ0n) is 11.5. The predicted molar refractivity (Wildman–Crippen MR) is 84.3 cm³/mol. The monoisotopic (exact) mass is 334 g/mol. The second kappa shape index (κ2) is 5.51. The summed E-state index contributed by atoms with van der Waals surface area (Å²) in [5.74, 6) is 0. The Hall–Kier alpha value is -2.25. The smallest absolute Gasteiger partial charge is 0.275 e. The second-order valence-electron chi connectivity index (χ2n) is 4.55. The lowest BCUT2D eigenvalue weighted by Gasteiger charge is -2.12. The third-order valence-electron chi connectivity index (χ3n) is 3.05. The molecule has 2 aromatic heterocycles. The van der Waals surface area contributed by atoms with Crippen LogP contribution in [0.4, 0.5) is 5.69 Å². The Labute approximate surface area is 132 Å². The van der Waals surface area contributed by atoms with Gasteiger partial charge in [-0.1, -0.05) is 23.7 Å². The molecule has 1 aromatic carbocycles. The summed E-state index contributed by atoms with van der Waals surface area (Å²) in [4.78, 5) is 12.0. The van der Waals surface area contributed by atoms with Crippen molar-refractivity contribution >= 4 is 38.2 Å². The predicted octanol–water partition coefficient (Wildman–Crippen LogP) is 2.79. The molecule has 0 saturated carbocycles. The fourth-order valence-electron chi connectivity index (χ4n) is 2.06. The molecule has 0 aliphatic carbocycles. The second-order valence-corrected chi connectivity index (χ2v) is 6.55. The van der Waals surface area contributed by atoms with Crippen molar-refractivity contribution in [2.45, 2.75) is 11.9 Å². The number of nitrogens with zero attached hydrogens (tertiary/aromatic N) is 3. The van der Waals surface area contributed by atoms with E-state index in [2.05, 4.69) is 19.7 Å². The molecule has 0 aliphatic heterocycles. The molecular weight excluding hydrogens is 324 g/mol. The van der Waals surface area contributed by atoms with Crippen molar-refractivity contribution < 1.29 is 8.42 Å². The summed E-state index contributed by atoms with van der Waals surface area (Å²) in [5, 5.41) is 0.899. The number of fused-ring (bicyclic) bond motifs is 1.